The highest BCUT2D eigenvalue weighted by molar-refractivity contribution is 5.07. The molecule has 1 aliphatic heterocycles. The van der Waals surface area contributed by atoms with Crippen molar-refractivity contribution in [3.63, 3.8) is 0 Å². The Balaban J connectivity index is 2.20. The Morgan fingerprint density at radius 2 is 1.89 bits per heavy atom. The van der Waals surface area contributed by atoms with Crippen molar-refractivity contribution < 1.29 is 4.74 Å². The smallest absolute Gasteiger partial charge is 0.159 e. The summed E-state index contributed by atoms with van der Waals surface area (Å²) in [7, 11) is 0. The van der Waals surface area contributed by atoms with Gasteiger partial charge in [-0.2, -0.15) is 0 Å². The van der Waals surface area contributed by atoms with Crippen LogP contribution in [0.1, 0.15) is 59.2 Å². The molecule has 2 rings (SSSR count). The molecule has 0 saturated carbocycles. The first-order valence-electron chi connectivity index (χ1n) is 6.98. The molecule has 0 fully saturated rings. The maximum absolute atomic E-state index is 5.82. The number of fused-ring (bicyclic) bond motifs is 1. The molecular formula is C14H26N4O. The highest BCUT2D eigenvalue weighted by Crippen LogP contribution is 2.33. The second-order valence-corrected chi connectivity index (χ2v) is 7.28. The van der Waals surface area contributed by atoms with E-state index in [1.165, 1.54) is 0 Å². The van der Waals surface area contributed by atoms with Gasteiger partial charge in [-0.25, -0.2) is 0 Å². The van der Waals surface area contributed by atoms with E-state index < -0.39 is 0 Å². The molecule has 0 aliphatic carbocycles. The predicted octanol–water partition coefficient (Wildman–Crippen LogP) is 2.28. The lowest BCUT2D eigenvalue weighted by Crippen LogP contribution is -2.41. The van der Waals surface area contributed by atoms with E-state index in [1.54, 1.807) is 0 Å². The number of ether oxygens (including phenoxy) is 1. The summed E-state index contributed by atoms with van der Waals surface area (Å²) in [6.45, 7) is 15.2. The Morgan fingerprint density at radius 1 is 1.21 bits per heavy atom. The van der Waals surface area contributed by atoms with Crippen LogP contribution in [-0.4, -0.2) is 26.9 Å². The average Bonchev–Trinajstić information content (AvgIpc) is 2.66. The highest BCUT2D eigenvalue weighted by Gasteiger charge is 2.33. The molecule has 0 amide bonds. The quantitative estimate of drug-likeness (QED) is 0.892. The minimum atomic E-state index is -0.150. The summed E-state index contributed by atoms with van der Waals surface area (Å²) in [4.78, 5) is 0. The van der Waals surface area contributed by atoms with Gasteiger partial charge in [0.15, 0.2) is 11.6 Å². The molecule has 0 spiro atoms. The first-order chi connectivity index (χ1) is 8.68. The van der Waals surface area contributed by atoms with E-state index in [2.05, 4.69) is 61.6 Å². The molecule has 1 unspecified atom stereocenters. The molecule has 1 aromatic rings. The van der Waals surface area contributed by atoms with Crippen molar-refractivity contribution in [1.82, 2.24) is 20.1 Å². The maximum Gasteiger partial charge on any atom is 0.159 e. The molecule has 0 bridgehead atoms. The molecule has 0 aromatic carbocycles. The van der Waals surface area contributed by atoms with Gasteiger partial charge < -0.3 is 14.6 Å². The molecule has 108 valence electrons. The Labute approximate surface area is 115 Å². The van der Waals surface area contributed by atoms with Crippen LogP contribution in [0, 0.1) is 5.41 Å². The van der Waals surface area contributed by atoms with Crippen molar-refractivity contribution in [2.45, 2.75) is 66.3 Å². The summed E-state index contributed by atoms with van der Waals surface area (Å²) in [6, 6.07) is 0.247. The van der Waals surface area contributed by atoms with Gasteiger partial charge in [-0.1, -0.05) is 20.8 Å². The van der Waals surface area contributed by atoms with Crippen LogP contribution in [0.3, 0.4) is 0 Å². The molecule has 0 saturated heterocycles. The second-order valence-electron chi connectivity index (χ2n) is 7.28. The largest absolute Gasteiger partial charge is 0.368 e. The molecule has 1 atom stereocenters. The number of aromatic nitrogens is 3. The summed E-state index contributed by atoms with van der Waals surface area (Å²) in [5.74, 6) is 1.96. The SMILES string of the molecule is CC(C)(C)OCc1nnc2n1CCNC2C(C)(C)C. The van der Waals surface area contributed by atoms with Gasteiger partial charge in [-0.3, -0.25) is 0 Å². The van der Waals surface area contributed by atoms with Crippen LogP contribution in [0.4, 0.5) is 0 Å². The zero-order chi connectivity index (χ0) is 14.3. The average molecular weight is 266 g/mol. The molecule has 5 nitrogen and oxygen atoms in total. The molecular weight excluding hydrogens is 240 g/mol. The van der Waals surface area contributed by atoms with E-state index in [9.17, 15) is 0 Å². The normalized spacial score (nSPS) is 20.4. The van der Waals surface area contributed by atoms with Crippen molar-refractivity contribution in [2.24, 2.45) is 5.41 Å². The van der Waals surface area contributed by atoms with Gasteiger partial charge in [-0.05, 0) is 26.2 Å². The zero-order valence-electron chi connectivity index (χ0n) is 12.9. The number of rotatable bonds is 2. The molecule has 1 aliphatic rings. The minimum absolute atomic E-state index is 0.132. The van der Waals surface area contributed by atoms with Crippen molar-refractivity contribution in [3.05, 3.63) is 11.6 Å². The van der Waals surface area contributed by atoms with Gasteiger partial charge in [0.05, 0.1) is 11.6 Å². The number of nitrogens with one attached hydrogen (secondary N) is 1. The van der Waals surface area contributed by atoms with Crippen LogP contribution in [0.15, 0.2) is 0 Å². The fourth-order valence-electron chi connectivity index (χ4n) is 2.30. The van der Waals surface area contributed by atoms with Crippen LogP contribution in [0.2, 0.25) is 0 Å². The van der Waals surface area contributed by atoms with Crippen LogP contribution < -0.4 is 5.32 Å². The van der Waals surface area contributed by atoms with Crippen molar-refractivity contribution in [2.75, 3.05) is 6.54 Å². The van der Waals surface area contributed by atoms with Crippen molar-refractivity contribution in [3.8, 4) is 0 Å². The summed E-state index contributed by atoms with van der Waals surface area (Å²) < 4.78 is 8.02. The van der Waals surface area contributed by atoms with E-state index in [4.69, 9.17) is 4.74 Å². The first-order valence-corrected chi connectivity index (χ1v) is 6.98. The Bertz CT molecular complexity index is 439. The molecule has 1 N–H and O–H groups in total. The number of hydrogen-bond acceptors (Lipinski definition) is 4. The van der Waals surface area contributed by atoms with Crippen molar-refractivity contribution in [1.29, 1.82) is 0 Å². The van der Waals surface area contributed by atoms with Crippen LogP contribution in [-0.2, 0) is 17.9 Å². The second kappa shape index (κ2) is 4.87. The summed E-state index contributed by atoms with van der Waals surface area (Å²) >= 11 is 0. The van der Waals surface area contributed by atoms with E-state index in [0.717, 1.165) is 24.7 Å². The monoisotopic (exact) mass is 266 g/mol. The van der Waals surface area contributed by atoms with E-state index in [-0.39, 0.29) is 17.1 Å². The molecule has 5 heteroatoms. The van der Waals surface area contributed by atoms with Crippen LogP contribution in [0.25, 0.3) is 0 Å². The van der Waals surface area contributed by atoms with Crippen molar-refractivity contribution >= 4 is 0 Å². The third kappa shape index (κ3) is 3.34. The van der Waals surface area contributed by atoms with Gasteiger partial charge in [0.1, 0.15) is 6.61 Å². The van der Waals surface area contributed by atoms with E-state index in [1.807, 2.05) is 0 Å². The lowest BCUT2D eigenvalue weighted by molar-refractivity contribution is -0.0197. The molecule has 1 aromatic heterocycles. The fraction of sp³-hybridized carbons (Fsp3) is 0.857. The Morgan fingerprint density at radius 3 is 2.47 bits per heavy atom. The molecule has 0 radical (unpaired) electrons. The zero-order valence-corrected chi connectivity index (χ0v) is 12.9. The summed E-state index contributed by atoms with van der Waals surface area (Å²) in [6.07, 6.45) is 0. The number of nitrogens with zero attached hydrogens (tertiary/aromatic N) is 3. The predicted molar refractivity (Wildman–Crippen MR) is 74.8 cm³/mol. The summed E-state index contributed by atoms with van der Waals surface area (Å²) in [5.41, 5.74) is -0.0178. The Hall–Kier alpha value is -0.940. The van der Waals surface area contributed by atoms with Gasteiger partial charge >= 0.3 is 0 Å². The third-order valence-corrected chi connectivity index (χ3v) is 3.30. The van der Waals surface area contributed by atoms with E-state index >= 15 is 0 Å². The first kappa shape index (κ1) is 14.5. The topological polar surface area (TPSA) is 52.0 Å². The van der Waals surface area contributed by atoms with E-state index in [0.29, 0.717) is 6.61 Å². The van der Waals surface area contributed by atoms with Crippen LogP contribution >= 0.6 is 0 Å². The van der Waals surface area contributed by atoms with Crippen LogP contribution in [0.5, 0.6) is 0 Å². The fourth-order valence-corrected chi connectivity index (χ4v) is 2.30. The minimum Gasteiger partial charge on any atom is -0.368 e. The number of hydrogen-bond donors (Lipinski definition) is 1. The molecule has 2 heterocycles. The van der Waals surface area contributed by atoms with Gasteiger partial charge in [0.2, 0.25) is 0 Å². The Kier molecular flexibility index (Phi) is 3.71. The van der Waals surface area contributed by atoms with Gasteiger partial charge in [-0.15, -0.1) is 10.2 Å². The third-order valence-electron chi connectivity index (χ3n) is 3.30. The maximum atomic E-state index is 5.82. The van der Waals surface area contributed by atoms with Gasteiger partial charge in [0, 0.05) is 13.1 Å². The highest BCUT2D eigenvalue weighted by atomic mass is 16.5. The lowest BCUT2D eigenvalue weighted by atomic mass is 9.85. The van der Waals surface area contributed by atoms with Gasteiger partial charge in [0.25, 0.3) is 0 Å². The summed E-state index contributed by atoms with van der Waals surface area (Å²) in [5, 5.41) is 12.2. The lowest BCUT2D eigenvalue weighted by Gasteiger charge is -2.34. The standard InChI is InChI=1S/C14H26N4O/c1-13(2,3)11-12-17-16-10(9-19-14(4,5)6)18(12)8-7-15-11/h11,15H,7-9H2,1-6H3. The molecule has 19 heavy (non-hydrogen) atoms.